The lowest BCUT2D eigenvalue weighted by atomic mass is 10.2. The second-order valence-electron chi connectivity index (χ2n) is 6.20. The Kier molecular flexibility index (Phi) is 4.01. The zero-order valence-electron chi connectivity index (χ0n) is 13.5. The van der Waals surface area contributed by atoms with Crippen molar-refractivity contribution in [2.24, 2.45) is 5.92 Å². The Balaban J connectivity index is 1.40. The van der Waals surface area contributed by atoms with Gasteiger partial charge < -0.3 is 20.1 Å². The number of carbonyl (C=O) groups is 2. The summed E-state index contributed by atoms with van der Waals surface area (Å²) in [6, 6.07) is 14.3. The van der Waals surface area contributed by atoms with Gasteiger partial charge >= 0.3 is 0 Å². The molecule has 0 bridgehead atoms. The normalized spacial score (nSPS) is 18.3. The van der Waals surface area contributed by atoms with E-state index in [2.05, 4.69) is 10.6 Å². The number of amides is 2. The largest absolute Gasteiger partial charge is 0.485 e. The molecule has 6 nitrogen and oxygen atoms in total. The maximum atomic E-state index is 12.4. The predicted molar refractivity (Wildman–Crippen MR) is 92.8 cm³/mol. The molecule has 6 heteroatoms. The third-order valence-electron chi connectivity index (χ3n) is 4.15. The van der Waals surface area contributed by atoms with Gasteiger partial charge in [0.25, 0.3) is 5.91 Å². The Labute approximate surface area is 145 Å². The van der Waals surface area contributed by atoms with Crippen LogP contribution in [-0.2, 0) is 9.59 Å². The molecule has 0 spiro atoms. The van der Waals surface area contributed by atoms with Crippen LogP contribution in [-0.4, -0.2) is 24.5 Å². The fourth-order valence-corrected chi connectivity index (χ4v) is 2.64. The van der Waals surface area contributed by atoms with E-state index in [1.54, 1.807) is 36.4 Å². The highest BCUT2D eigenvalue weighted by atomic mass is 16.6. The number of nitrogens with one attached hydrogen (secondary N) is 2. The van der Waals surface area contributed by atoms with Gasteiger partial charge in [0.15, 0.2) is 11.5 Å². The number of anilines is 2. The van der Waals surface area contributed by atoms with E-state index in [1.165, 1.54) is 0 Å². The zero-order valence-corrected chi connectivity index (χ0v) is 13.5. The van der Waals surface area contributed by atoms with Crippen molar-refractivity contribution >= 4 is 23.2 Å². The van der Waals surface area contributed by atoms with E-state index in [0.29, 0.717) is 22.9 Å². The van der Waals surface area contributed by atoms with Crippen molar-refractivity contribution in [1.82, 2.24) is 0 Å². The first kappa shape index (κ1) is 15.5. The zero-order chi connectivity index (χ0) is 17.2. The van der Waals surface area contributed by atoms with Gasteiger partial charge in [0.05, 0.1) is 0 Å². The quantitative estimate of drug-likeness (QED) is 0.899. The van der Waals surface area contributed by atoms with Crippen molar-refractivity contribution in [3.05, 3.63) is 48.5 Å². The maximum Gasteiger partial charge on any atom is 0.269 e. The van der Waals surface area contributed by atoms with Crippen LogP contribution in [0.25, 0.3) is 0 Å². The molecule has 2 amide bonds. The van der Waals surface area contributed by atoms with Crippen LogP contribution in [0.2, 0.25) is 0 Å². The summed E-state index contributed by atoms with van der Waals surface area (Å²) < 4.78 is 11.3. The van der Waals surface area contributed by atoms with E-state index in [-0.39, 0.29) is 24.3 Å². The van der Waals surface area contributed by atoms with Crippen molar-refractivity contribution in [2.75, 3.05) is 17.2 Å². The molecule has 0 aromatic heterocycles. The Morgan fingerprint density at radius 1 is 0.880 bits per heavy atom. The SMILES string of the molecule is O=C(Nc1cccc(NC(=O)C2COc3ccccc3O2)c1)C1CC1. The lowest BCUT2D eigenvalue weighted by molar-refractivity contribution is -0.125. The standard InChI is InChI=1S/C19H18N2O4/c22-18(12-8-9-12)20-13-4-3-5-14(10-13)21-19(23)17-11-24-15-6-1-2-7-16(15)25-17/h1-7,10,12,17H,8-9,11H2,(H,20,22)(H,21,23). The summed E-state index contributed by atoms with van der Waals surface area (Å²) in [5, 5.41) is 5.67. The highest BCUT2D eigenvalue weighted by Gasteiger charge is 2.30. The molecule has 1 unspecified atom stereocenters. The second-order valence-corrected chi connectivity index (χ2v) is 6.20. The van der Waals surface area contributed by atoms with Crippen LogP contribution in [0.3, 0.4) is 0 Å². The molecule has 25 heavy (non-hydrogen) atoms. The molecule has 1 fully saturated rings. The molecule has 2 aliphatic rings. The lowest BCUT2D eigenvalue weighted by Gasteiger charge is -2.25. The van der Waals surface area contributed by atoms with Crippen LogP contribution in [0.1, 0.15) is 12.8 Å². The second kappa shape index (κ2) is 6.47. The Morgan fingerprint density at radius 3 is 2.28 bits per heavy atom. The van der Waals surface area contributed by atoms with Crippen molar-refractivity contribution in [1.29, 1.82) is 0 Å². The van der Waals surface area contributed by atoms with E-state index in [1.807, 2.05) is 12.1 Å². The highest BCUT2D eigenvalue weighted by molar-refractivity contribution is 5.97. The summed E-state index contributed by atoms with van der Waals surface area (Å²) >= 11 is 0. The number of ether oxygens (including phenoxy) is 2. The van der Waals surface area contributed by atoms with Crippen molar-refractivity contribution in [2.45, 2.75) is 18.9 Å². The van der Waals surface area contributed by atoms with E-state index < -0.39 is 6.10 Å². The van der Waals surface area contributed by atoms with Gasteiger partial charge in [0.2, 0.25) is 12.0 Å². The number of benzene rings is 2. The average molecular weight is 338 g/mol. The molecule has 2 N–H and O–H groups in total. The van der Waals surface area contributed by atoms with Gasteiger partial charge in [-0.1, -0.05) is 18.2 Å². The Morgan fingerprint density at radius 2 is 1.56 bits per heavy atom. The number of carbonyl (C=O) groups excluding carboxylic acids is 2. The molecule has 0 saturated heterocycles. The molecule has 1 heterocycles. The minimum atomic E-state index is -0.723. The third-order valence-corrected chi connectivity index (χ3v) is 4.15. The minimum absolute atomic E-state index is 0.0316. The van der Waals surface area contributed by atoms with Gasteiger partial charge in [0, 0.05) is 17.3 Å². The van der Waals surface area contributed by atoms with Crippen LogP contribution in [0.4, 0.5) is 11.4 Å². The fourth-order valence-electron chi connectivity index (χ4n) is 2.64. The van der Waals surface area contributed by atoms with Crippen LogP contribution in [0.15, 0.2) is 48.5 Å². The van der Waals surface area contributed by atoms with Gasteiger partial charge in [-0.2, -0.15) is 0 Å². The predicted octanol–water partition coefficient (Wildman–Crippen LogP) is 2.81. The summed E-state index contributed by atoms with van der Waals surface area (Å²) in [5.74, 6) is 1.06. The number of fused-ring (bicyclic) bond motifs is 1. The third kappa shape index (κ3) is 3.57. The van der Waals surface area contributed by atoms with E-state index in [0.717, 1.165) is 12.8 Å². The Hall–Kier alpha value is -3.02. The van der Waals surface area contributed by atoms with E-state index >= 15 is 0 Å². The van der Waals surface area contributed by atoms with Crippen LogP contribution < -0.4 is 20.1 Å². The number of para-hydroxylation sites is 2. The van der Waals surface area contributed by atoms with Crippen LogP contribution >= 0.6 is 0 Å². The van der Waals surface area contributed by atoms with Crippen LogP contribution in [0.5, 0.6) is 11.5 Å². The number of rotatable bonds is 4. The molecule has 4 rings (SSSR count). The average Bonchev–Trinajstić information content (AvgIpc) is 3.47. The summed E-state index contributed by atoms with van der Waals surface area (Å²) in [7, 11) is 0. The van der Waals surface area contributed by atoms with Crippen molar-refractivity contribution in [3.63, 3.8) is 0 Å². The first-order valence-electron chi connectivity index (χ1n) is 8.29. The summed E-state index contributed by atoms with van der Waals surface area (Å²) in [4.78, 5) is 24.3. The molecule has 1 aliphatic carbocycles. The maximum absolute atomic E-state index is 12.4. The molecule has 2 aromatic carbocycles. The summed E-state index contributed by atoms with van der Waals surface area (Å²) in [6.07, 6.45) is 1.17. The summed E-state index contributed by atoms with van der Waals surface area (Å²) in [5.41, 5.74) is 1.27. The van der Waals surface area contributed by atoms with Crippen molar-refractivity contribution in [3.8, 4) is 11.5 Å². The van der Waals surface area contributed by atoms with E-state index in [9.17, 15) is 9.59 Å². The molecule has 1 aliphatic heterocycles. The Bertz CT molecular complexity index is 817. The first-order chi connectivity index (χ1) is 12.2. The molecule has 0 radical (unpaired) electrons. The first-order valence-corrected chi connectivity index (χ1v) is 8.29. The monoisotopic (exact) mass is 338 g/mol. The van der Waals surface area contributed by atoms with E-state index in [4.69, 9.17) is 9.47 Å². The van der Waals surface area contributed by atoms with Gasteiger partial charge in [-0.15, -0.1) is 0 Å². The smallest absolute Gasteiger partial charge is 0.269 e. The molecule has 2 aromatic rings. The minimum Gasteiger partial charge on any atom is -0.485 e. The molecular formula is C19H18N2O4. The van der Waals surface area contributed by atoms with Gasteiger partial charge in [-0.05, 0) is 43.2 Å². The molecule has 1 atom stereocenters. The molecule has 128 valence electrons. The number of hydrogen-bond acceptors (Lipinski definition) is 4. The topological polar surface area (TPSA) is 76.7 Å². The summed E-state index contributed by atoms with van der Waals surface area (Å²) in [6.45, 7) is 0.154. The fraction of sp³-hybridized carbons (Fsp3) is 0.263. The highest BCUT2D eigenvalue weighted by Crippen LogP contribution is 2.32. The lowest BCUT2D eigenvalue weighted by Crippen LogP contribution is -2.40. The van der Waals surface area contributed by atoms with Crippen LogP contribution in [0, 0.1) is 5.92 Å². The molecule has 1 saturated carbocycles. The van der Waals surface area contributed by atoms with Crippen molar-refractivity contribution < 1.29 is 19.1 Å². The van der Waals surface area contributed by atoms with Gasteiger partial charge in [-0.25, -0.2) is 0 Å². The number of hydrogen-bond donors (Lipinski definition) is 2. The van der Waals surface area contributed by atoms with Gasteiger partial charge in [0.1, 0.15) is 6.61 Å². The molecular weight excluding hydrogens is 320 g/mol. The van der Waals surface area contributed by atoms with Gasteiger partial charge in [-0.3, -0.25) is 9.59 Å².